The molecule has 0 aliphatic carbocycles. The van der Waals surface area contributed by atoms with Gasteiger partial charge < -0.3 is 21.0 Å². The van der Waals surface area contributed by atoms with E-state index in [1.807, 2.05) is 6.92 Å². The number of H-pyrrole nitrogens is 2. The van der Waals surface area contributed by atoms with E-state index >= 15 is 0 Å². The molecule has 2 rings (SSSR count). The second-order valence-corrected chi connectivity index (χ2v) is 4.66. The number of carbonyl (C=O) groups excluding carboxylic acids is 1. The van der Waals surface area contributed by atoms with Crippen molar-refractivity contribution in [2.24, 2.45) is 11.7 Å². The largest absolute Gasteiger partial charge is 0.330 e. The Kier molecular flexibility index (Phi) is 4.01. The van der Waals surface area contributed by atoms with Crippen LogP contribution in [0.4, 0.5) is 5.69 Å². The van der Waals surface area contributed by atoms with Gasteiger partial charge in [-0.05, 0) is 37.6 Å². The summed E-state index contributed by atoms with van der Waals surface area (Å²) in [5.74, 6) is -0.116. The van der Waals surface area contributed by atoms with Crippen LogP contribution in [0.25, 0.3) is 11.0 Å². The van der Waals surface area contributed by atoms with Crippen molar-refractivity contribution in [1.29, 1.82) is 0 Å². The molecule has 0 bridgehead atoms. The van der Waals surface area contributed by atoms with Crippen molar-refractivity contribution in [3.63, 3.8) is 0 Å². The summed E-state index contributed by atoms with van der Waals surface area (Å²) in [6, 6.07) is 5.26. The summed E-state index contributed by atoms with van der Waals surface area (Å²) in [7, 11) is 0. The van der Waals surface area contributed by atoms with Crippen LogP contribution in [0.2, 0.25) is 0 Å². The average Bonchev–Trinajstić information content (AvgIpc) is 2.75. The second kappa shape index (κ2) is 5.71. The Morgan fingerprint density at radius 1 is 1.37 bits per heavy atom. The molecule has 5 N–H and O–H groups in total. The van der Waals surface area contributed by atoms with Gasteiger partial charge in [-0.3, -0.25) is 4.79 Å². The van der Waals surface area contributed by atoms with Crippen molar-refractivity contribution in [2.45, 2.75) is 19.8 Å². The number of benzene rings is 1. The van der Waals surface area contributed by atoms with Crippen molar-refractivity contribution in [1.82, 2.24) is 9.97 Å². The lowest BCUT2D eigenvalue weighted by Gasteiger charge is -2.11. The van der Waals surface area contributed by atoms with E-state index < -0.39 is 0 Å². The van der Waals surface area contributed by atoms with E-state index in [0.717, 1.165) is 18.4 Å². The van der Waals surface area contributed by atoms with Gasteiger partial charge in [0.25, 0.3) is 0 Å². The molecule has 1 aromatic heterocycles. The number of anilines is 1. The van der Waals surface area contributed by atoms with Gasteiger partial charge in [0, 0.05) is 11.6 Å². The highest BCUT2D eigenvalue weighted by Crippen LogP contribution is 2.16. The normalized spacial score (nSPS) is 12.5. The number of amides is 1. The first kappa shape index (κ1) is 13.4. The summed E-state index contributed by atoms with van der Waals surface area (Å²) in [4.78, 5) is 28.4. The quantitative estimate of drug-likeness (QED) is 0.650. The zero-order valence-corrected chi connectivity index (χ0v) is 10.8. The lowest BCUT2D eigenvalue weighted by atomic mass is 10.0. The molecule has 0 spiro atoms. The van der Waals surface area contributed by atoms with Gasteiger partial charge in [-0.25, -0.2) is 4.79 Å². The van der Waals surface area contributed by atoms with Gasteiger partial charge in [-0.1, -0.05) is 6.92 Å². The van der Waals surface area contributed by atoms with Gasteiger partial charge in [-0.2, -0.15) is 0 Å². The van der Waals surface area contributed by atoms with Crippen LogP contribution in [0.1, 0.15) is 19.8 Å². The predicted octanol–water partition coefficient (Wildman–Crippen LogP) is 1.17. The van der Waals surface area contributed by atoms with Crippen molar-refractivity contribution in [3.05, 3.63) is 28.7 Å². The molecular weight excluding hydrogens is 244 g/mol. The standard InChI is InChI=1S/C13H18N4O2/c1-8(3-2-6-14)12(18)15-9-4-5-10-11(7-9)17-13(19)16-10/h4-5,7-8H,2-3,6,14H2,1H3,(H,15,18)(H2,16,17,19). The number of rotatable bonds is 5. The number of aromatic nitrogens is 2. The fourth-order valence-corrected chi connectivity index (χ4v) is 1.93. The maximum Gasteiger partial charge on any atom is 0.323 e. The molecule has 0 aliphatic rings. The van der Waals surface area contributed by atoms with Crippen molar-refractivity contribution in [2.75, 3.05) is 11.9 Å². The number of aromatic amines is 2. The first-order valence-corrected chi connectivity index (χ1v) is 6.33. The maximum absolute atomic E-state index is 11.9. The van der Waals surface area contributed by atoms with Gasteiger partial charge >= 0.3 is 5.69 Å². The number of hydrogen-bond donors (Lipinski definition) is 4. The monoisotopic (exact) mass is 262 g/mol. The number of nitrogens with two attached hydrogens (primary N) is 1. The minimum atomic E-state index is -0.255. The van der Waals surface area contributed by atoms with Crippen LogP contribution in [0.15, 0.2) is 23.0 Å². The summed E-state index contributed by atoms with van der Waals surface area (Å²) >= 11 is 0. The van der Waals surface area contributed by atoms with Crippen molar-refractivity contribution < 1.29 is 4.79 Å². The van der Waals surface area contributed by atoms with Crippen LogP contribution in [-0.4, -0.2) is 22.4 Å². The minimum absolute atomic E-state index is 0.0364. The second-order valence-electron chi connectivity index (χ2n) is 4.66. The van der Waals surface area contributed by atoms with Crippen LogP contribution in [0.5, 0.6) is 0 Å². The van der Waals surface area contributed by atoms with Crippen LogP contribution < -0.4 is 16.7 Å². The van der Waals surface area contributed by atoms with Gasteiger partial charge in [0.1, 0.15) is 0 Å². The minimum Gasteiger partial charge on any atom is -0.330 e. The molecule has 102 valence electrons. The maximum atomic E-state index is 11.9. The third kappa shape index (κ3) is 3.23. The fraction of sp³-hybridized carbons (Fsp3) is 0.385. The Balaban J connectivity index is 2.08. The Morgan fingerprint density at radius 3 is 2.84 bits per heavy atom. The molecule has 1 amide bonds. The topological polar surface area (TPSA) is 104 Å². The average molecular weight is 262 g/mol. The lowest BCUT2D eigenvalue weighted by Crippen LogP contribution is -2.21. The Morgan fingerprint density at radius 2 is 2.11 bits per heavy atom. The number of hydrogen-bond acceptors (Lipinski definition) is 3. The van der Waals surface area contributed by atoms with E-state index in [2.05, 4.69) is 15.3 Å². The summed E-state index contributed by atoms with van der Waals surface area (Å²) in [5, 5.41) is 2.84. The van der Waals surface area contributed by atoms with E-state index in [1.165, 1.54) is 0 Å². The van der Waals surface area contributed by atoms with Crippen LogP contribution >= 0.6 is 0 Å². The van der Waals surface area contributed by atoms with E-state index in [9.17, 15) is 9.59 Å². The highest BCUT2D eigenvalue weighted by Gasteiger charge is 2.12. The molecule has 6 heteroatoms. The molecule has 1 unspecified atom stereocenters. The SMILES string of the molecule is CC(CCCN)C(=O)Nc1ccc2[nH]c(=O)[nH]c2c1. The zero-order chi connectivity index (χ0) is 13.8. The third-order valence-electron chi connectivity index (χ3n) is 3.07. The van der Waals surface area contributed by atoms with Crippen molar-refractivity contribution in [3.8, 4) is 0 Å². The van der Waals surface area contributed by atoms with Gasteiger partial charge in [-0.15, -0.1) is 0 Å². The van der Waals surface area contributed by atoms with E-state index in [-0.39, 0.29) is 17.5 Å². The van der Waals surface area contributed by atoms with E-state index in [4.69, 9.17) is 5.73 Å². The van der Waals surface area contributed by atoms with Gasteiger partial charge in [0.05, 0.1) is 11.0 Å². The predicted molar refractivity (Wildman–Crippen MR) is 75.0 cm³/mol. The van der Waals surface area contributed by atoms with Gasteiger partial charge in [0.2, 0.25) is 5.91 Å². The highest BCUT2D eigenvalue weighted by molar-refractivity contribution is 5.94. The summed E-state index contributed by atoms with van der Waals surface area (Å²) in [5.41, 5.74) is 7.24. The highest BCUT2D eigenvalue weighted by atomic mass is 16.2. The Bertz CT molecular complexity index is 629. The molecule has 0 saturated heterocycles. The molecule has 0 saturated carbocycles. The van der Waals surface area contributed by atoms with Gasteiger partial charge in [0.15, 0.2) is 0 Å². The molecule has 2 aromatic rings. The number of carbonyl (C=O) groups is 1. The molecule has 1 atom stereocenters. The molecular formula is C13H18N4O2. The molecule has 1 aromatic carbocycles. The number of imidazole rings is 1. The van der Waals surface area contributed by atoms with Crippen LogP contribution in [0, 0.1) is 5.92 Å². The number of fused-ring (bicyclic) bond motifs is 1. The molecule has 0 fully saturated rings. The first-order valence-electron chi connectivity index (χ1n) is 6.33. The summed E-state index contributed by atoms with van der Waals surface area (Å²) in [6.45, 7) is 2.47. The lowest BCUT2D eigenvalue weighted by molar-refractivity contribution is -0.119. The van der Waals surface area contributed by atoms with Crippen LogP contribution in [-0.2, 0) is 4.79 Å². The Labute approximate surface area is 110 Å². The van der Waals surface area contributed by atoms with Crippen LogP contribution in [0.3, 0.4) is 0 Å². The van der Waals surface area contributed by atoms with E-state index in [1.54, 1.807) is 18.2 Å². The van der Waals surface area contributed by atoms with Crippen molar-refractivity contribution >= 4 is 22.6 Å². The van der Waals surface area contributed by atoms with E-state index in [0.29, 0.717) is 17.7 Å². The summed E-state index contributed by atoms with van der Waals surface area (Å²) < 4.78 is 0. The molecule has 0 radical (unpaired) electrons. The molecule has 1 heterocycles. The smallest absolute Gasteiger partial charge is 0.323 e. The molecule has 19 heavy (non-hydrogen) atoms. The summed E-state index contributed by atoms with van der Waals surface area (Å²) in [6.07, 6.45) is 1.60. The third-order valence-corrected chi connectivity index (χ3v) is 3.07. The molecule has 0 aliphatic heterocycles. The number of nitrogens with one attached hydrogen (secondary N) is 3. The first-order chi connectivity index (χ1) is 9.10. The fourth-order valence-electron chi connectivity index (χ4n) is 1.93. The molecule has 6 nitrogen and oxygen atoms in total. The zero-order valence-electron chi connectivity index (χ0n) is 10.8. The Hall–Kier alpha value is -2.08.